The van der Waals surface area contributed by atoms with Crippen LogP contribution in [0.3, 0.4) is 0 Å². The molecule has 0 amide bonds. The number of nitrogens with zero attached hydrogens (tertiary/aromatic N) is 1. The number of nitriles is 1. The van der Waals surface area contributed by atoms with Gasteiger partial charge in [0, 0.05) is 11.4 Å². The maximum absolute atomic E-state index is 9.50. The Bertz CT molecular complexity index is 709. The number of anilines is 1. The van der Waals surface area contributed by atoms with Crippen LogP contribution in [0.4, 0.5) is 5.69 Å². The molecular formula is C19H20N2O. The van der Waals surface area contributed by atoms with Gasteiger partial charge in [-0.15, -0.1) is 0 Å². The molecule has 2 rings (SSSR count). The van der Waals surface area contributed by atoms with Gasteiger partial charge in [0.2, 0.25) is 0 Å². The van der Waals surface area contributed by atoms with Crippen LogP contribution in [0.5, 0.6) is 5.75 Å². The number of hydrogen-bond acceptors (Lipinski definition) is 3. The van der Waals surface area contributed by atoms with Gasteiger partial charge >= 0.3 is 0 Å². The van der Waals surface area contributed by atoms with Crippen molar-refractivity contribution < 1.29 is 4.74 Å². The second kappa shape index (κ2) is 7.33. The van der Waals surface area contributed by atoms with Crippen LogP contribution >= 0.6 is 0 Å². The fourth-order valence-corrected chi connectivity index (χ4v) is 2.28. The molecule has 0 aromatic heterocycles. The molecule has 3 nitrogen and oxygen atoms in total. The average Bonchev–Trinajstić information content (AvgIpc) is 2.52. The molecule has 0 spiro atoms. The van der Waals surface area contributed by atoms with Gasteiger partial charge in [0.25, 0.3) is 0 Å². The van der Waals surface area contributed by atoms with Crippen molar-refractivity contribution in [3.63, 3.8) is 0 Å². The molecule has 0 aliphatic rings. The van der Waals surface area contributed by atoms with Gasteiger partial charge in [0.1, 0.15) is 11.8 Å². The Morgan fingerprint density at radius 1 is 1.14 bits per heavy atom. The number of benzene rings is 2. The summed E-state index contributed by atoms with van der Waals surface area (Å²) < 4.78 is 5.43. The van der Waals surface area contributed by atoms with Crippen LogP contribution in [-0.2, 0) is 0 Å². The Morgan fingerprint density at radius 3 is 2.41 bits per heavy atom. The van der Waals surface area contributed by atoms with Crippen LogP contribution in [0.15, 0.2) is 54.2 Å². The molecule has 0 unspecified atom stereocenters. The number of aryl methyl sites for hydroxylation is 1. The van der Waals surface area contributed by atoms with E-state index >= 15 is 0 Å². The Morgan fingerprint density at radius 2 is 1.82 bits per heavy atom. The molecule has 2 aromatic rings. The quantitative estimate of drug-likeness (QED) is 0.808. The Balaban J connectivity index is 2.26. The van der Waals surface area contributed by atoms with Crippen molar-refractivity contribution in [2.75, 3.05) is 11.9 Å². The molecule has 0 aliphatic carbocycles. The van der Waals surface area contributed by atoms with Gasteiger partial charge in [-0.3, -0.25) is 0 Å². The molecule has 0 aliphatic heterocycles. The van der Waals surface area contributed by atoms with Gasteiger partial charge in [0.05, 0.1) is 12.2 Å². The van der Waals surface area contributed by atoms with Gasteiger partial charge in [0.15, 0.2) is 0 Å². The first-order chi connectivity index (χ1) is 10.7. The van der Waals surface area contributed by atoms with E-state index in [1.54, 1.807) is 0 Å². The topological polar surface area (TPSA) is 45.0 Å². The minimum absolute atomic E-state index is 0.650. The van der Waals surface area contributed by atoms with Crippen LogP contribution in [-0.4, -0.2) is 6.61 Å². The zero-order valence-electron chi connectivity index (χ0n) is 13.2. The smallest absolute Gasteiger partial charge is 0.119 e. The summed E-state index contributed by atoms with van der Waals surface area (Å²) in [7, 11) is 0. The largest absolute Gasteiger partial charge is 0.494 e. The van der Waals surface area contributed by atoms with Crippen LogP contribution in [0.1, 0.15) is 25.0 Å². The first kappa shape index (κ1) is 15.7. The lowest BCUT2D eigenvalue weighted by atomic mass is 10.00. The molecule has 22 heavy (non-hydrogen) atoms. The zero-order chi connectivity index (χ0) is 15.9. The first-order valence-electron chi connectivity index (χ1n) is 7.32. The number of nitrogens with one attached hydrogen (secondary N) is 1. The standard InChI is InChI=1S/C19H20N2O/c1-4-22-17-11-9-16(10-12-17)21-15(3)19(13-20)18-8-6-5-7-14(18)2/h5-12,21H,4H2,1-3H3. The summed E-state index contributed by atoms with van der Waals surface area (Å²) in [4.78, 5) is 0. The lowest BCUT2D eigenvalue weighted by molar-refractivity contribution is 0.340. The van der Waals surface area contributed by atoms with Crippen molar-refractivity contribution in [2.45, 2.75) is 20.8 Å². The summed E-state index contributed by atoms with van der Waals surface area (Å²) >= 11 is 0. The molecule has 0 atom stereocenters. The Kier molecular flexibility index (Phi) is 5.21. The van der Waals surface area contributed by atoms with Crippen molar-refractivity contribution in [1.29, 1.82) is 5.26 Å². The average molecular weight is 292 g/mol. The van der Waals surface area contributed by atoms with Crippen LogP contribution in [0.25, 0.3) is 5.57 Å². The molecule has 2 aromatic carbocycles. The third-order valence-corrected chi connectivity index (χ3v) is 3.40. The van der Waals surface area contributed by atoms with E-state index in [1.165, 1.54) is 0 Å². The Hall–Kier alpha value is -2.73. The number of ether oxygens (including phenoxy) is 1. The SMILES string of the molecule is CCOc1ccc(NC(C)=C(C#N)c2ccccc2C)cc1. The van der Waals surface area contributed by atoms with E-state index in [1.807, 2.05) is 69.3 Å². The van der Waals surface area contributed by atoms with E-state index in [0.29, 0.717) is 12.2 Å². The second-order valence-electron chi connectivity index (χ2n) is 5.01. The highest BCUT2D eigenvalue weighted by molar-refractivity contribution is 5.82. The molecule has 112 valence electrons. The molecule has 0 radical (unpaired) electrons. The normalized spacial score (nSPS) is 11.4. The van der Waals surface area contributed by atoms with E-state index in [-0.39, 0.29) is 0 Å². The van der Waals surface area contributed by atoms with E-state index < -0.39 is 0 Å². The highest BCUT2D eigenvalue weighted by Gasteiger charge is 2.08. The predicted octanol–water partition coefficient (Wildman–Crippen LogP) is 4.76. The second-order valence-corrected chi connectivity index (χ2v) is 5.01. The minimum atomic E-state index is 0.650. The third-order valence-electron chi connectivity index (χ3n) is 3.40. The zero-order valence-corrected chi connectivity index (χ0v) is 13.2. The van der Waals surface area contributed by atoms with Crippen LogP contribution in [0.2, 0.25) is 0 Å². The maximum atomic E-state index is 9.50. The maximum Gasteiger partial charge on any atom is 0.119 e. The van der Waals surface area contributed by atoms with E-state index in [2.05, 4.69) is 11.4 Å². The molecular weight excluding hydrogens is 272 g/mol. The molecule has 0 heterocycles. The lowest BCUT2D eigenvalue weighted by Crippen LogP contribution is -2.00. The summed E-state index contributed by atoms with van der Waals surface area (Å²) in [6.45, 7) is 6.54. The number of allylic oxidation sites excluding steroid dienone is 2. The molecule has 0 bridgehead atoms. The molecule has 0 saturated heterocycles. The fourth-order valence-electron chi connectivity index (χ4n) is 2.28. The molecule has 0 fully saturated rings. The minimum Gasteiger partial charge on any atom is -0.494 e. The summed E-state index contributed by atoms with van der Waals surface area (Å²) in [6.07, 6.45) is 0. The van der Waals surface area contributed by atoms with Crippen molar-refractivity contribution in [3.8, 4) is 11.8 Å². The van der Waals surface area contributed by atoms with Gasteiger partial charge < -0.3 is 10.1 Å². The van der Waals surface area contributed by atoms with Crippen molar-refractivity contribution in [1.82, 2.24) is 0 Å². The van der Waals surface area contributed by atoms with Crippen molar-refractivity contribution >= 4 is 11.3 Å². The van der Waals surface area contributed by atoms with Crippen LogP contribution in [0, 0.1) is 18.3 Å². The summed E-state index contributed by atoms with van der Waals surface area (Å²) in [5.74, 6) is 0.842. The summed E-state index contributed by atoms with van der Waals surface area (Å²) in [6, 6.07) is 17.9. The number of hydrogen-bond donors (Lipinski definition) is 1. The van der Waals surface area contributed by atoms with Crippen molar-refractivity contribution in [2.24, 2.45) is 0 Å². The summed E-state index contributed by atoms with van der Waals surface area (Å²) in [5, 5.41) is 12.8. The highest BCUT2D eigenvalue weighted by Crippen LogP contribution is 2.23. The third kappa shape index (κ3) is 3.67. The Labute approximate surface area is 131 Å². The van der Waals surface area contributed by atoms with Gasteiger partial charge in [-0.1, -0.05) is 24.3 Å². The van der Waals surface area contributed by atoms with E-state index in [0.717, 1.165) is 28.3 Å². The molecule has 1 N–H and O–H groups in total. The monoisotopic (exact) mass is 292 g/mol. The van der Waals surface area contributed by atoms with E-state index in [4.69, 9.17) is 4.74 Å². The number of rotatable bonds is 5. The van der Waals surface area contributed by atoms with Gasteiger partial charge in [-0.25, -0.2) is 0 Å². The van der Waals surface area contributed by atoms with E-state index in [9.17, 15) is 5.26 Å². The molecule has 0 saturated carbocycles. The predicted molar refractivity (Wildman–Crippen MR) is 90.6 cm³/mol. The first-order valence-corrected chi connectivity index (χ1v) is 7.32. The molecule has 3 heteroatoms. The van der Waals surface area contributed by atoms with Gasteiger partial charge in [-0.2, -0.15) is 5.26 Å². The lowest BCUT2D eigenvalue weighted by Gasteiger charge is -2.12. The highest BCUT2D eigenvalue weighted by atomic mass is 16.5. The fraction of sp³-hybridized carbons (Fsp3) is 0.211. The van der Waals surface area contributed by atoms with Crippen LogP contribution < -0.4 is 10.1 Å². The van der Waals surface area contributed by atoms with Gasteiger partial charge in [-0.05, 0) is 56.2 Å². The summed E-state index contributed by atoms with van der Waals surface area (Å²) in [5.41, 5.74) is 4.48. The van der Waals surface area contributed by atoms with Crippen molar-refractivity contribution in [3.05, 3.63) is 65.4 Å².